The molecule has 0 atom stereocenters. The summed E-state index contributed by atoms with van der Waals surface area (Å²) in [6, 6.07) is 4.05. The Hall–Kier alpha value is -1.64. The van der Waals surface area contributed by atoms with Crippen molar-refractivity contribution in [2.45, 2.75) is 39.0 Å². The van der Waals surface area contributed by atoms with Gasteiger partial charge in [-0.2, -0.15) is 0 Å². The van der Waals surface area contributed by atoms with E-state index in [2.05, 4.69) is 18.8 Å². The Kier molecular flexibility index (Phi) is 2.28. The highest BCUT2D eigenvalue weighted by Crippen LogP contribution is 2.19. The number of rotatable bonds is 1. The third-order valence-corrected chi connectivity index (χ3v) is 3.54. The molecular formula is C14H16N2O. The van der Waals surface area contributed by atoms with E-state index in [1.54, 1.807) is 4.40 Å². The van der Waals surface area contributed by atoms with Crippen LogP contribution in [-0.4, -0.2) is 9.38 Å². The summed E-state index contributed by atoms with van der Waals surface area (Å²) < 4.78 is 1.68. The minimum atomic E-state index is 0.123. The van der Waals surface area contributed by atoms with Crippen LogP contribution in [0.15, 0.2) is 23.1 Å². The van der Waals surface area contributed by atoms with Crippen LogP contribution in [0.25, 0.3) is 5.65 Å². The molecule has 0 amide bonds. The standard InChI is InChI=1S/C14H16N2O/c1-9(2)10-6-7-16-13(8-10)15-12-5-3-4-11(12)14(16)17/h6-9H,3-5H2,1-2H3. The van der Waals surface area contributed by atoms with Crippen molar-refractivity contribution in [3.63, 3.8) is 0 Å². The SMILES string of the molecule is CC(C)c1ccn2c(=O)c3c(nc2c1)CCC3. The number of hydrogen-bond donors (Lipinski definition) is 0. The Morgan fingerprint density at radius 3 is 2.94 bits per heavy atom. The maximum Gasteiger partial charge on any atom is 0.261 e. The molecule has 3 heteroatoms. The normalized spacial score (nSPS) is 14.5. The highest BCUT2D eigenvalue weighted by molar-refractivity contribution is 5.45. The van der Waals surface area contributed by atoms with Gasteiger partial charge in [0.25, 0.3) is 5.56 Å². The third-order valence-electron chi connectivity index (χ3n) is 3.54. The molecule has 2 heterocycles. The molecule has 3 nitrogen and oxygen atoms in total. The molecule has 2 aromatic heterocycles. The van der Waals surface area contributed by atoms with Crippen LogP contribution in [0.5, 0.6) is 0 Å². The van der Waals surface area contributed by atoms with Gasteiger partial charge in [-0.3, -0.25) is 9.20 Å². The largest absolute Gasteiger partial charge is 0.269 e. The molecule has 0 unspecified atom stereocenters. The summed E-state index contributed by atoms with van der Waals surface area (Å²) >= 11 is 0. The monoisotopic (exact) mass is 228 g/mol. The molecule has 88 valence electrons. The smallest absolute Gasteiger partial charge is 0.261 e. The first-order chi connectivity index (χ1) is 8.16. The summed E-state index contributed by atoms with van der Waals surface area (Å²) in [5, 5.41) is 0. The minimum absolute atomic E-state index is 0.123. The van der Waals surface area contributed by atoms with Crippen LogP contribution < -0.4 is 5.56 Å². The molecule has 0 aliphatic heterocycles. The second kappa shape index (κ2) is 3.69. The first-order valence-corrected chi connectivity index (χ1v) is 6.21. The molecule has 0 N–H and O–H groups in total. The van der Waals surface area contributed by atoms with E-state index >= 15 is 0 Å². The highest BCUT2D eigenvalue weighted by Gasteiger charge is 2.18. The second-order valence-corrected chi connectivity index (χ2v) is 5.04. The molecule has 0 fully saturated rings. The van der Waals surface area contributed by atoms with E-state index in [9.17, 15) is 4.79 Å². The average molecular weight is 228 g/mol. The zero-order valence-electron chi connectivity index (χ0n) is 10.2. The van der Waals surface area contributed by atoms with Crippen LogP contribution in [0.2, 0.25) is 0 Å². The molecule has 0 aromatic carbocycles. The van der Waals surface area contributed by atoms with E-state index < -0.39 is 0 Å². The summed E-state index contributed by atoms with van der Waals surface area (Å²) in [5.74, 6) is 0.463. The Bertz CT molecular complexity index is 640. The molecule has 0 bridgehead atoms. The topological polar surface area (TPSA) is 34.4 Å². The summed E-state index contributed by atoms with van der Waals surface area (Å²) in [7, 11) is 0. The van der Waals surface area contributed by atoms with Crippen molar-refractivity contribution in [1.29, 1.82) is 0 Å². The Labute approximate surface area is 100 Å². The van der Waals surface area contributed by atoms with Crippen molar-refractivity contribution in [1.82, 2.24) is 9.38 Å². The minimum Gasteiger partial charge on any atom is -0.269 e. The number of nitrogens with zero attached hydrogens (tertiary/aromatic N) is 2. The van der Waals surface area contributed by atoms with Gasteiger partial charge in [-0.1, -0.05) is 13.8 Å². The molecule has 3 rings (SSSR count). The molecular weight excluding hydrogens is 212 g/mol. The van der Waals surface area contributed by atoms with Gasteiger partial charge in [0.2, 0.25) is 0 Å². The van der Waals surface area contributed by atoms with Crippen LogP contribution in [0, 0.1) is 0 Å². The summed E-state index contributed by atoms with van der Waals surface area (Å²) in [6.45, 7) is 4.30. The first kappa shape index (κ1) is 10.5. The summed E-state index contributed by atoms with van der Waals surface area (Å²) in [4.78, 5) is 16.8. The van der Waals surface area contributed by atoms with Crippen LogP contribution in [0.4, 0.5) is 0 Å². The lowest BCUT2D eigenvalue weighted by Crippen LogP contribution is -2.20. The third kappa shape index (κ3) is 1.57. The predicted octanol–water partition coefficient (Wildman–Crippen LogP) is 2.31. The van der Waals surface area contributed by atoms with Crippen LogP contribution in [0.3, 0.4) is 0 Å². The second-order valence-electron chi connectivity index (χ2n) is 5.04. The number of aromatic nitrogens is 2. The van der Waals surface area contributed by atoms with E-state index in [-0.39, 0.29) is 5.56 Å². The lowest BCUT2D eigenvalue weighted by molar-refractivity contribution is 0.856. The number of aryl methyl sites for hydroxylation is 1. The van der Waals surface area contributed by atoms with Crippen molar-refractivity contribution < 1.29 is 0 Å². The molecule has 2 aromatic rings. The fourth-order valence-electron chi connectivity index (χ4n) is 2.49. The lowest BCUT2D eigenvalue weighted by Gasteiger charge is -2.08. The first-order valence-electron chi connectivity index (χ1n) is 6.21. The Balaban J connectivity index is 2.32. The van der Waals surface area contributed by atoms with Crippen molar-refractivity contribution in [2.75, 3.05) is 0 Å². The fraction of sp³-hybridized carbons (Fsp3) is 0.429. The summed E-state index contributed by atoms with van der Waals surface area (Å²) in [5.41, 5.74) is 4.07. The predicted molar refractivity (Wildman–Crippen MR) is 67.6 cm³/mol. The number of pyridine rings is 1. The van der Waals surface area contributed by atoms with E-state index in [0.29, 0.717) is 5.92 Å². The van der Waals surface area contributed by atoms with Crippen molar-refractivity contribution >= 4 is 5.65 Å². The van der Waals surface area contributed by atoms with Crippen LogP contribution >= 0.6 is 0 Å². The average Bonchev–Trinajstić information content (AvgIpc) is 2.77. The van der Waals surface area contributed by atoms with Gasteiger partial charge in [0.1, 0.15) is 5.65 Å². The molecule has 17 heavy (non-hydrogen) atoms. The molecule has 1 aliphatic rings. The van der Waals surface area contributed by atoms with Gasteiger partial charge < -0.3 is 0 Å². The van der Waals surface area contributed by atoms with Crippen LogP contribution in [-0.2, 0) is 12.8 Å². The number of hydrogen-bond acceptors (Lipinski definition) is 2. The number of fused-ring (bicyclic) bond motifs is 2. The van der Waals surface area contributed by atoms with Gasteiger partial charge in [0, 0.05) is 11.8 Å². The van der Waals surface area contributed by atoms with Gasteiger partial charge in [-0.15, -0.1) is 0 Å². The molecule has 0 saturated heterocycles. The van der Waals surface area contributed by atoms with Crippen LogP contribution in [0.1, 0.15) is 43.0 Å². The van der Waals surface area contributed by atoms with Crippen molar-refractivity contribution in [3.8, 4) is 0 Å². The maximum absolute atomic E-state index is 12.2. The lowest BCUT2D eigenvalue weighted by atomic mass is 10.1. The van der Waals surface area contributed by atoms with E-state index in [4.69, 9.17) is 0 Å². The van der Waals surface area contributed by atoms with E-state index in [1.165, 1.54) is 5.56 Å². The zero-order valence-corrected chi connectivity index (χ0v) is 10.2. The van der Waals surface area contributed by atoms with E-state index in [0.717, 1.165) is 36.2 Å². The van der Waals surface area contributed by atoms with Gasteiger partial charge in [0.15, 0.2) is 0 Å². The van der Waals surface area contributed by atoms with Gasteiger partial charge >= 0.3 is 0 Å². The zero-order chi connectivity index (χ0) is 12.0. The Morgan fingerprint density at radius 2 is 2.18 bits per heavy atom. The molecule has 1 aliphatic carbocycles. The highest BCUT2D eigenvalue weighted by atomic mass is 16.1. The van der Waals surface area contributed by atoms with Gasteiger partial charge in [-0.05, 0) is 42.9 Å². The van der Waals surface area contributed by atoms with Gasteiger partial charge in [-0.25, -0.2) is 4.98 Å². The Morgan fingerprint density at radius 1 is 1.35 bits per heavy atom. The molecule has 0 saturated carbocycles. The maximum atomic E-state index is 12.2. The van der Waals surface area contributed by atoms with Crippen molar-refractivity contribution in [3.05, 3.63) is 45.5 Å². The van der Waals surface area contributed by atoms with E-state index in [1.807, 2.05) is 18.3 Å². The molecule has 0 spiro atoms. The molecule has 0 radical (unpaired) electrons. The van der Waals surface area contributed by atoms with Crippen molar-refractivity contribution in [2.24, 2.45) is 0 Å². The summed E-state index contributed by atoms with van der Waals surface area (Å²) in [6.07, 6.45) is 4.76. The van der Waals surface area contributed by atoms with Gasteiger partial charge in [0.05, 0.1) is 5.69 Å². The quantitative estimate of drug-likeness (QED) is 0.750. The fourth-order valence-corrected chi connectivity index (χ4v) is 2.49.